The second-order valence-electron chi connectivity index (χ2n) is 4.58. The van der Waals surface area contributed by atoms with E-state index in [2.05, 4.69) is 35.7 Å². The maximum absolute atomic E-state index is 5.40. The summed E-state index contributed by atoms with van der Waals surface area (Å²) >= 11 is 4.77. The Balaban J connectivity index is 2.26. The number of nitrogens with two attached hydrogens (primary N) is 1. The Morgan fingerprint density at radius 3 is 2.72 bits per heavy atom. The average molecular weight is 261 g/mol. The molecular formula is C14H19N3S. The number of nitrogens with one attached hydrogen (secondary N) is 1. The lowest BCUT2D eigenvalue weighted by Gasteiger charge is -2.17. The summed E-state index contributed by atoms with van der Waals surface area (Å²) in [5.74, 6) is 0. The van der Waals surface area contributed by atoms with Crippen LogP contribution in [0.4, 0.5) is 0 Å². The van der Waals surface area contributed by atoms with E-state index in [9.17, 15) is 0 Å². The molecule has 0 saturated carbocycles. The molecule has 1 aromatic carbocycles. The van der Waals surface area contributed by atoms with E-state index >= 15 is 0 Å². The number of benzene rings is 1. The third-order valence-corrected chi connectivity index (χ3v) is 3.41. The van der Waals surface area contributed by atoms with Crippen LogP contribution >= 0.6 is 12.2 Å². The van der Waals surface area contributed by atoms with Crippen molar-refractivity contribution in [2.45, 2.75) is 39.0 Å². The zero-order valence-corrected chi connectivity index (χ0v) is 11.5. The van der Waals surface area contributed by atoms with Gasteiger partial charge in [-0.15, -0.1) is 0 Å². The highest BCUT2D eigenvalue weighted by Crippen LogP contribution is 2.22. The molecule has 0 saturated heterocycles. The van der Waals surface area contributed by atoms with Crippen LogP contribution in [-0.4, -0.2) is 10.8 Å². The molecule has 0 aliphatic heterocycles. The van der Waals surface area contributed by atoms with Gasteiger partial charge < -0.3 is 5.73 Å². The van der Waals surface area contributed by atoms with Crippen molar-refractivity contribution in [3.8, 4) is 0 Å². The molecule has 0 aromatic heterocycles. The zero-order chi connectivity index (χ0) is 13.0. The minimum absolute atomic E-state index is 0.207. The smallest absolute Gasteiger partial charge is 0.184 e. The molecule has 0 fully saturated rings. The topological polar surface area (TPSA) is 50.4 Å². The predicted octanol–water partition coefficient (Wildman–Crippen LogP) is 2.51. The van der Waals surface area contributed by atoms with Gasteiger partial charge in [0.05, 0.1) is 5.71 Å². The van der Waals surface area contributed by atoms with E-state index in [4.69, 9.17) is 18.0 Å². The Hall–Kier alpha value is -1.42. The third kappa shape index (κ3) is 3.07. The Morgan fingerprint density at radius 1 is 1.33 bits per heavy atom. The van der Waals surface area contributed by atoms with Gasteiger partial charge in [-0.3, -0.25) is 5.43 Å². The molecule has 4 heteroatoms. The molecule has 1 aliphatic rings. The quantitative estimate of drug-likeness (QED) is 0.499. The van der Waals surface area contributed by atoms with Crippen molar-refractivity contribution in [3.63, 3.8) is 0 Å². The molecule has 1 aromatic rings. The maximum atomic E-state index is 5.40. The van der Waals surface area contributed by atoms with Gasteiger partial charge >= 0.3 is 0 Å². The van der Waals surface area contributed by atoms with Crippen LogP contribution in [0.3, 0.4) is 0 Å². The number of hydrogen-bond donors (Lipinski definition) is 2. The number of aryl methyl sites for hydroxylation is 2. The van der Waals surface area contributed by atoms with E-state index in [1.807, 2.05) is 0 Å². The highest BCUT2D eigenvalue weighted by atomic mass is 32.1. The van der Waals surface area contributed by atoms with E-state index in [-0.39, 0.29) is 5.11 Å². The molecule has 0 bridgehead atoms. The van der Waals surface area contributed by atoms with E-state index in [0.717, 1.165) is 12.1 Å². The molecule has 3 N–H and O–H groups in total. The van der Waals surface area contributed by atoms with Crippen molar-refractivity contribution in [2.75, 3.05) is 0 Å². The average Bonchev–Trinajstić information content (AvgIpc) is 2.39. The number of fused-ring (bicyclic) bond motifs is 1. The van der Waals surface area contributed by atoms with Gasteiger partial charge in [0.25, 0.3) is 0 Å². The van der Waals surface area contributed by atoms with Crippen LogP contribution < -0.4 is 11.2 Å². The minimum Gasteiger partial charge on any atom is -0.375 e. The molecule has 3 nitrogen and oxygen atoms in total. The van der Waals surface area contributed by atoms with Gasteiger partial charge in [0.2, 0.25) is 0 Å². The van der Waals surface area contributed by atoms with Crippen molar-refractivity contribution < 1.29 is 0 Å². The molecule has 0 atom stereocenters. The van der Waals surface area contributed by atoms with Crippen molar-refractivity contribution in [3.05, 3.63) is 34.9 Å². The summed E-state index contributed by atoms with van der Waals surface area (Å²) in [5, 5.41) is 4.47. The second-order valence-corrected chi connectivity index (χ2v) is 5.02. The Kier molecular flexibility index (Phi) is 4.31. The van der Waals surface area contributed by atoms with Gasteiger partial charge in [0.15, 0.2) is 5.11 Å². The highest BCUT2D eigenvalue weighted by Gasteiger charge is 2.11. The molecule has 0 amide bonds. The van der Waals surface area contributed by atoms with Crippen LogP contribution in [0.5, 0.6) is 0 Å². The van der Waals surface area contributed by atoms with Crippen molar-refractivity contribution in [1.82, 2.24) is 5.43 Å². The van der Waals surface area contributed by atoms with E-state index in [1.54, 1.807) is 0 Å². The number of hydrogen-bond acceptors (Lipinski definition) is 2. The van der Waals surface area contributed by atoms with E-state index < -0.39 is 0 Å². The molecular weight excluding hydrogens is 242 g/mol. The predicted molar refractivity (Wildman–Crippen MR) is 79.8 cm³/mol. The SMILES string of the molecule is CCC(=NNC(N)=S)c1ccc2c(c1)CCCC2. The standard InChI is InChI=1S/C14H19N3S/c1-2-13(16-17-14(15)18)12-8-7-10-5-3-4-6-11(10)9-12/h7-9H,2-6H2,1H3,(H3,15,17,18). The first-order valence-electron chi connectivity index (χ1n) is 6.45. The Labute approximate surface area is 113 Å². The summed E-state index contributed by atoms with van der Waals surface area (Å²) in [4.78, 5) is 0. The second kappa shape index (κ2) is 5.96. The monoisotopic (exact) mass is 261 g/mol. The summed E-state index contributed by atoms with van der Waals surface area (Å²) in [6.07, 6.45) is 5.85. The molecule has 2 rings (SSSR count). The largest absolute Gasteiger partial charge is 0.375 e. The fourth-order valence-corrected chi connectivity index (χ4v) is 2.43. The first-order valence-corrected chi connectivity index (χ1v) is 6.85. The summed E-state index contributed by atoms with van der Waals surface area (Å²) in [5.41, 5.74) is 13.2. The molecule has 1 aliphatic carbocycles. The summed E-state index contributed by atoms with van der Waals surface area (Å²) in [7, 11) is 0. The highest BCUT2D eigenvalue weighted by molar-refractivity contribution is 7.80. The third-order valence-electron chi connectivity index (χ3n) is 3.32. The summed E-state index contributed by atoms with van der Waals surface area (Å²) in [6.45, 7) is 2.08. The first-order chi connectivity index (χ1) is 8.70. The number of hydrazone groups is 1. The van der Waals surface area contributed by atoms with Crippen LogP contribution in [0.2, 0.25) is 0 Å². The van der Waals surface area contributed by atoms with Crippen molar-refractivity contribution in [1.29, 1.82) is 0 Å². The number of rotatable bonds is 3. The number of nitrogens with zero attached hydrogens (tertiary/aromatic N) is 1. The van der Waals surface area contributed by atoms with Gasteiger partial charge in [0, 0.05) is 0 Å². The van der Waals surface area contributed by atoms with Crippen LogP contribution in [0.25, 0.3) is 0 Å². The molecule has 0 radical (unpaired) electrons. The summed E-state index contributed by atoms with van der Waals surface area (Å²) < 4.78 is 0. The van der Waals surface area contributed by atoms with E-state index in [0.29, 0.717) is 0 Å². The lowest BCUT2D eigenvalue weighted by molar-refractivity contribution is 0.685. The fraction of sp³-hybridized carbons (Fsp3) is 0.429. The lowest BCUT2D eigenvalue weighted by Crippen LogP contribution is -2.25. The van der Waals surface area contributed by atoms with Crippen molar-refractivity contribution >= 4 is 23.0 Å². The Morgan fingerprint density at radius 2 is 2.06 bits per heavy atom. The Bertz CT molecular complexity index is 480. The molecule has 0 heterocycles. The normalized spacial score (nSPS) is 15.1. The zero-order valence-electron chi connectivity index (χ0n) is 10.7. The van der Waals surface area contributed by atoms with Gasteiger partial charge in [-0.2, -0.15) is 5.10 Å². The van der Waals surface area contributed by atoms with Gasteiger partial charge in [-0.25, -0.2) is 0 Å². The molecule has 96 valence electrons. The van der Waals surface area contributed by atoms with Crippen LogP contribution in [0, 0.1) is 0 Å². The lowest BCUT2D eigenvalue weighted by atomic mass is 9.89. The van der Waals surface area contributed by atoms with Crippen LogP contribution in [-0.2, 0) is 12.8 Å². The van der Waals surface area contributed by atoms with Crippen LogP contribution in [0.15, 0.2) is 23.3 Å². The molecule has 0 unspecified atom stereocenters. The van der Waals surface area contributed by atoms with Gasteiger partial charge in [0.1, 0.15) is 0 Å². The number of thiocarbonyl (C=S) groups is 1. The molecule has 0 spiro atoms. The van der Waals surface area contributed by atoms with Gasteiger partial charge in [-0.05, 0) is 67.1 Å². The first kappa shape index (κ1) is 13.0. The maximum Gasteiger partial charge on any atom is 0.184 e. The fourth-order valence-electron chi connectivity index (χ4n) is 2.38. The van der Waals surface area contributed by atoms with Gasteiger partial charge in [-0.1, -0.05) is 19.1 Å². The summed E-state index contributed by atoms with van der Waals surface area (Å²) in [6, 6.07) is 6.64. The minimum atomic E-state index is 0.207. The van der Waals surface area contributed by atoms with Crippen LogP contribution in [0.1, 0.15) is 42.9 Å². The van der Waals surface area contributed by atoms with Crippen molar-refractivity contribution in [2.24, 2.45) is 10.8 Å². The molecule has 18 heavy (non-hydrogen) atoms. The van der Waals surface area contributed by atoms with E-state index in [1.165, 1.54) is 42.4 Å².